The van der Waals surface area contributed by atoms with E-state index in [0.29, 0.717) is 6.54 Å². The van der Waals surface area contributed by atoms with Crippen LogP contribution in [0.25, 0.3) is 5.69 Å². The van der Waals surface area contributed by atoms with Crippen molar-refractivity contribution in [3.8, 4) is 5.69 Å². The van der Waals surface area contributed by atoms with Gasteiger partial charge < -0.3 is 9.88 Å². The van der Waals surface area contributed by atoms with Gasteiger partial charge in [-0.1, -0.05) is 24.3 Å². The second-order valence-electron chi connectivity index (χ2n) is 5.04. The Morgan fingerprint density at radius 3 is 2.65 bits per heavy atom. The van der Waals surface area contributed by atoms with Gasteiger partial charge in [-0.2, -0.15) is 0 Å². The number of hydrogen-bond acceptors (Lipinski definition) is 3. The lowest BCUT2D eigenvalue weighted by molar-refractivity contribution is -0.122. The number of rotatable bonds is 4. The molecular weight excluding hydrogens is 335 g/mol. The number of carbonyl (C=O) groups is 1. The third-order valence-corrected chi connectivity index (χ3v) is 3.57. The minimum Gasteiger partial charge on any atom is -0.350 e. The van der Waals surface area contributed by atoms with Crippen molar-refractivity contribution in [2.75, 3.05) is 6.54 Å². The number of aryl methyl sites for hydroxylation is 1. The van der Waals surface area contributed by atoms with Crippen LogP contribution in [0.1, 0.15) is 11.4 Å². The van der Waals surface area contributed by atoms with Crippen LogP contribution in [-0.2, 0) is 11.3 Å². The average Bonchev–Trinajstić information content (AvgIpc) is 3.17. The van der Waals surface area contributed by atoms with Crippen molar-refractivity contribution in [2.45, 2.75) is 19.5 Å². The fourth-order valence-corrected chi connectivity index (χ4v) is 2.37. The van der Waals surface area contributed by atoms with Gasteiger partial charge in [0.15, 0.2) is 0 Å². The Morgan fingerprint density at radius 2 is 2.09 bits per heavy atom. The Hall–Kier alpha value is -1.82. The van der Waals surface area contributed by atoms with Crippen molar-refractivity contribution in [3.63, 3.8) is 0 Å². The topological polar surface area (TPSA) is 59.0 Å². The lowest BCUT2D eigenvalue weighted by Gasteiger charge is -2.11. The third-order valence-electron chi connectivity index (χ3n) is 3.57. The highest BCUT2D eigenvalue weighted by Gasteiger charge is 2.16. The highest BCUT2D eigenvalue weighted by Crippen LogP contribution is 2.11. The molecule has 1 unspecified atom stereocenters. The van der Waals surface area contributed by atoms with Crippen LogP contribution in [0.5, 0.6) is 0 Å². The van der Waals surface area contributed by atoms with Crippen LogP contribution in [0.15, 0.2) is 48.8 Å². The standard InChI is InChI=1S/C16H18N4O.2ClH/c1-12-17-9-10-20(12)14-6-4-13(5-7-14)11-19-16(21)15-3-2-8-18-15;;/h2-7,9-10,15,18H,8,11H2,1H3,(H,19,21);2*1H. The first-order chi connectivity index (χ1) is 10.2. The smallest absolute Gasteiger partial charge is 0.241 e. The maximum Gasteiger partial charge on any atom is 0.241 e. The average molecular weight is 355 g/mol. The molecule has 0 bridgehead atoms. The minimum absolute atomic E-state index is 0. The Labute approximate surface area is 148 Å². The molecule has 0 saturated carbocycles. The Bertz CT molecular complexity index is 667. The zero-order valence-electron chi connectivity index (χ0n) is 12.7. The maximum absolute atomic E-state index is 11.9. The molecule has 5 nitrogen and oxygen atoms in total. The monoisotopic (exact) mass is 354 g/mol. The van der Waals surface area contributed by atoms with Crippen LogP contribution in [0.3, 0.4) is 0 Å². The summed E-state index contributed by atoms with van der Waals surface area (Å²) in [6.07, 6.45) is 7.57. The van der Waals surface area contributed by atoms with Gasteiger partial charge in [-0.05, 0) is 24.6 Å². The number of nitrogens with zero attached hydrogens (tertiary/aromatic N) is 2. The van der Waals surface area contributed by atoms with Crippen LogP contribution < -0.4 is 10.6 Å². The SMILES string of the molecule is Cc1nccn1-c1ccc(CNC(=O)C2C=CCN2)cc1.Cl.Cl. The van der Waals surface area contributed by atoms with Crippen LogP contribution in [0, 0.1) is 6.92 Å². The van der Waals surface area contributed by atoms with Gasteiger partial charge in [0.2, 0.25) is 5.91 Å². The van der Waals surface area contributed by atoms with Crippen molar-refractivity contribution >= 4 is 30.7 Å². The zero-order chi connectivity index (χ0) is 14.7. The number of nitrogens with one attached hydrogen (secondary N) is 2. The first-order valence-electron chi connectivity index (χ1n) is 7.01. The minimum atomic E-state index is -0.196. The van der Waals surface area contributed by atoms with Gasteiger partial charge in [-0.3, -0.25) is 10.1 Å². The first-order valence-corrected chi connectivity index (χ1v) is 7.01. The summed E-state index contributed by atoms with van der Waals surface area (Å²) in [4.78, 5) is 16.1. The highest BCUT2D eigenvalue weighted by molar-refractivity contribution is 5.85. The number of hydrogen-bond donors (Lipinski definition) is 2. The summed E-state index contributed by atoms with van der Waals surface area (Å²) in [7, 11) is 0. The molecule has 1 atom stereocenters. The molecule has 0 spiro atoms. The van der Waals surface area contributed by atoms with E-state index < -0.39 is 0 Å². The largest absolute Gasteiger partial charge is 0.350 e. The van der Waals surface area contributed by atoms with E-state index in [-0.39, 0.29) is 36.8 Å². The Balaban J connectivity index is 0.00000132. The Kier molecular flexibility index (Phi) is 7.29. The van der Waals surface area contributed by atoms with Crippen molar-refractivity contribution < 1.29 is 4.79 Å². The number of carbonyl (C=O) groups excluding carboxylic acids is 1. The zero-order valence-corrected chi connectivity index (χ0v) is 14.4. The van der Waals surface area contributed by atoms with Crippen LogP contribution in [-0.4, -0.2) is 28.0 Å². The fraction of sp³-hybridized carbons (Fsp3) is 0.250. The van der Waals surface area contributed by atoms with Gasteiger partial charge in [0.1, 0.15) is 11.9 Å². The van der Waals surface area contributed by atoms with Crippen LogP contribution in [0.4, 0.5) is 0 Å². The molecule has 1 amide bonds. The molecule has 7 heteroatoms. The molecule has 1 aromatic heterocycles. The second kappa shape index (κ2) is 8.72. The highest BCUT2D eigenvalue weighted by atomic mass is 35.5. The summed E-state index contributed by atoms with van der Waals surface area (Å²) in [5.74, 6) is 0.966. The lowest BCUT2D eigenvalue weighted by atomic mass is 10.2. The fourth-order valence-electron chi connectivity index (χ4n) is 2.37. The summed E-state index contributed by atoms with van der Waals surface area (Å²) in [6, 6.07) is 7.91. The van der Waals surface area contributed by atoms with Gasteiger partial charge in [0, 0.05) is 31.2 Å². The molecule has 0 fully saturated rings. The molecule has 0 saturated heterocycles. The van der Waals surface area contributed by atoms with E-state index in [1.165, 1.54) is 0 Å². The molecule has 3 rings (SSSR count). The van der Waals surface area contributed by atoms with Gasteiger partial charge >= 0.3 is 0 Å². The molecular formula is C16H20Cl2N4O. The van der Waals surface area contributed by atoms with E-state index in [4.69, 9.17) is 0 Å². The van der Waals surface area contributed by atoms with E-state index in [9.17, 15) is 4.79 Å². The Morgan fingerprint density at radius 1 is 1.35 bits per heavy atom. The first kappa shape index (κ1) is 19.2. The maximum atomic E-state index is 11.9. The summed E-state index contributed by atoms with van der Waals surface area (Å²) < 4.78 is 2.02. The van der Waals surface area contributed by atoms with Crippen molar-refractivity contribution in [1.82, 2.24) is 20.2 Å². The van der Waals surface area contributed by atoms with Gasteiger partial charge in [-0.15, -0.1) is 24.8 Å². The quantitative estimate of drug-likeness (QED) is 0.827. The molecule has 2 heterocycles. The summed E-state index contributed by atoms with van der Waals surface area (Å²) in [6.45, 7) is 3.27. The van der Waals surface area contributed by atoms with E-state index in [1.54, 1.807) is 6.20 Å². The number of benzene rings is 1. The molecule has 2 aromatic rings. The molecule has 1 aromatic carbocycles. The molecule has 0 aliphatic carbocycles. The molecule has 124 valence electrons. The molecule has 2 N–H and O–H groups in total. The van der Waals surface area contributed by atoms with Gasteiger partial charge in [-0.25, -0.2) is 4.98 Å². The van der Waals surface area contributed by atoms with E-state index in [1.807, 2.05) is 54.1 Å². The number of imidazole rings is 1. The van der Waals surface area contributed by atoms with Gasteiger partial charge in [0.05, 0.1) is 0 Å². The normalized spacial score (nSPS) is 15.6. The summed E-state index contributed by atoms with van der Waals surface area (Å²) in [5.41, 5.74) is 2.15. The lowest BCUT2D eigenvalue weighted by Crippen LogP contribution is -2.40. The van der Waals surface area contributed by atoms with Crippen LogP contribution in [0.2, 0.25) is 0 Å². The van der Waals surface area contributed by atoms with Crippen LogP contribution >= 0.6 is 24.8 Å². The molecule has 1 aliphatic heterocycles. The van der Waals surface area contributed by atoms with Crippen molar-refractivity contribution in [1.29, 1.82) is 0 Å². The predicted molar refractivity (Wildman–Crippen MR) is 95.6 cm³/mol. The summed E-state index contributed by atoms with van der Waals surface area (Å²) >= 11 is 0. The van der Waals surface area contributed by atoms with Crippen molar-refractivity contribution in [3.05, 3.63) is 60.2 Å². The van der Waals surface area contributed by atoms with E-state index >= 15 is 0 Å². The molecule has 0 radical (unpaired) electrons. The van der Waals surface area contributed by atoms with E-state index in [2.05, 4.69) is 15.6 Å². The van der Waals surface area contributed by atoms with Crippen molar-refractivity contribution in [2.24, 2.45) is 0 Å². The molecule has 23 heavy (non-hydrogen) atoms. The van der Waals surface area contributed by atoms with E-state index in [0.717, 1.165) is 23.6 Å². The predicted octanol–water partition coefficient (Wildman–Crippen LogP) is 2.17. The second-order valence-corrected chi connectivity index (χ2v) is 5.04. The number of halogens is 2. The molecule has 1 aliphatic rings. The summed E-state index contributed by atoms with van der Waals surface area (Å²) in [5, 5.41) is 6.03. The number of aromatic nitrogens is 2. The third kappa shape index (κ3) is 4.58. The number of amides is 1. The van der Waals surface area contributed by atoms with Gasteiger partial charge in [0.25, 0.3) is 0 Å².